The Hall–Kier alpha value is -1.55. The van der Waals surface area contributed by atoms with Crippen LogP contribution in [0.5, 0.6) is 0 Å². The molecule has 1 aromatic carbocycles. The standard InChI is InChI=1S/C12H15NO2Si/c1-16(2,3)9-4-5-10-8(6-9)7-11(13-10)12(14)15/h4-7,13H,1-3H3,(H,14,15). The molecule has 3 nitrogen and oxygen atoms in total. The van der Waals surface area contributed by atoms with Crippen molar-refractivity contribution in [1.29, 1.82) is 0 Å². The molecule has 1 heterocycles. The van der Waals surface area contributed by atoms with Gasteiger partial charge in [0.25, 0.3) is 0 Å². The number of H-pyrrole nitrogens is 1. The topological polar surface area (TPSA) is 53.1 Å². The fourth-order valence-electron chi connectivity index (χ4n) is 1.71. The third kappa shape index (κ3) is 1.88. The van der Waals surface area contributed by atoms with Gasteiger partial charge in [-0.25, -0.2) is 4.79 Å². The van der Waals surface area contributed by atoms with Gasteiger partial charge in [-0.15, -0.1) is 0 Å². The highest BCUT2D eigenvalue weighted by molar-refractivity contribution is 6.88. The van der Waals surface area contributed by atoms with Crippen LogP contribution in [0, 0.1) is 0 Å². The number of hydrogen-bond acceptors (Lipinski definition) is 1. The lowest BCUT2D eigenvalue weighted by Crippen LogP contribution is -2.37. The Morgan fingerprint density at radius 3 is 2.50 bits per heavy atom. The second-order valence-corrected chi connectivity index (χ2v) is 10.1. The predicted molar refractivity (Wildman–Crippen MR) is 68.2 cm³/mol. The van der Waals surface area contributed by atoms with Crippen molar-refractivity contribution in [2.75, 3.05) is 0 Å². The van der Waals surface area contributed by atoms with Crippen LogP contribution in [0.1, 0.15) is 10.5 Å². The van der Waals surface area contributed by atoms with E-state index in [9.17, 15) is 4.79 Å². The minimum atomic E-state index is -1.33. The van der Waals surface area contributed by atoms with Gasteiger partial charge in [-0.05, 0) is 12.1 Å². The number of benzene rings is 1. The number of hydrogen-bond donors (Lipinski definition) is 2. The Morgan fingerprint density at radius 1 is 1.25 bits per heavy atom. The molecule has 0 aliphatic rings. The zero-order chi connectivity index (χ0) is 11.9. The molecule has 0 saturated heterocycles. The number of aromatic amines is 1. The van der Waals surface area contributed by atoms with Crippen LogP contribution in [-0.4, -0.2) is 24.1 Å². The average Bonchev–Trinajstić information content (AvgIpc) is 2.58. The van der Waals surface area contributed by atoms with E-state index in [0.29, 0.717) is 0 Å². The van der Waals surface area contributed by atoms with Crippen molar-refractivity contribution in [2.24, 2.45) is 0 Å². The quantitative estimate of drug-likeness (QED) is 0.783. The normalized spacial score (nSPS) is 11.9. The number of nitrogens with one attached hydrogen (secondary N) is 1. The van der Waals surface area contributed by atoms with Gasteiger partial charge in [0.15, 0.2) is 0 Å². The third-order valence-electron chi connectivity index (χ3n) is 2.72. The van der Waals surface area contributed by atoms with Gasteiger partial charge in [-0.1, -0.05) is 37.0 Å². The van der Waals surface area contributed by atoms with E-state index < -0.39 is 14.0 Å². The summed E-state index contributed by atoms with van der Waals surface area (Å²) in [6, 6.07) is 7.86. The van der Waals surface area contributed by atoms with Crippen molar-refractivity contribution >= 4 is 30.1 Å². The molecule has 2 N–H and O–H groups in total. The zero-order valence-electron chi connectivity index (χ0n) is 9.66. The maximum atomic E-state index is 10.8. The Kier molecular flexibility index (Phi) is 2.39. The number of carbonyl (C=O) groups is 1. The summed E-state index contributed by atoms with van der Waals surface area (Å²) in [6.07, 6.45) is 0. The van der Waals surface area contributed by atoms with E-state index in [1.54, 1.807) is 6.07 Å². The monoisotopic (exact) mass is 233 g/mol. The molecule has 2 aromatic rings. The number of carboxylic acid groups (broad SMARTS) is 1. The maximum Gasteiger partial charge on any atom is 0.352 e. The molecule has 1 aromatic heterocycles. The first-order valence-corrected chi connectivity index (χ1v) is 8.74. The summed E-state index contributed by atoms with van der Waals surface area (Å²) in [5.41, 5.74) is 1.14. The molecule has 2 rings (SSSR count). The molecule has 0 fully saturated rings. The van der Waals surface area contributed by atoms with Crippen molar-refractivity contribution in [3.63, 3.8) is 0 Å². The largest absolute Gasteiger partial charge is 0.477 e. The zero-order valence-corrected chi connectivity index (χ0v) is 10.7. The summed E-state index contributed by atoms with van der Waals surface area (Å²) in [4.78, 5) is 13.7. The molecule has 0 bridgehead atoms. The van der Waals surface area contributed by atoms with Gasteiger partial charge in [0.2, 0.25) is 0 Å². The molecule has 0 atom stereocenters. The minimum absolute atomic E-state index is 0.253. The van der Waals surface area contributed by atoms with E-state index in [-0.39, 0.29) is 5.69 Å². The smallest absolute Gasteiger partial charge is 0.352 e. The van der Waals surface area contributed by atoms with Crippen LogP contribution in [0.2, 0.25) is 19.6 Å². The second kappa shape index (κ2) is 3.49. The van der Waals surface area contributed by atoms with Gasteiger partial charge in [-0.2, -0.15) is 0 Å². The number of fused-ring (bicyclic) bond motifs is 1. The highest BCUT2D eigenvalue weighted by Crippen LogP contribution is 2.15. The predicted octanol–water partition coefficient (Wildman–Crippen LogP) is 2.41. The number of aromatic nitrogens is 1. The van der Waals surface area contributed by atoms with Crippen molar-refractivity contribution in [3.05, 3.63) is 30.0 Å². The van der Waals surface area contributed by atoms with Gasteiger partial charge in [0.1, 0.15) is 5.69 Å². The SMILES string of the molecule is C[Si](C)(C)c1ccc2[nH]c(C(=O)O)cc2c1. The highest BCUT2D eigenvalue weighted by atomic mass is 28.3. The Morgan fingerprint density at radius 2 is 1.94 bits per heavy atom. The fraction of sp³-hybridized carbons (Fsp3) is 0.250. The summed E-state index contributed by atoms with van der Waals surface area (Å²) in [6.45, 7) is 6.83. The van der Waals surface area contributed by atoms with Crippen LogP contribution in [0.25, 0.3) is 10.9 Å². The summed E-state index contributed by atoms with van der Waals surface area (Å²) in [5.74, 6) is -0.911. The van der Waals surface area contributed by atoms with E-state index in [0.717, 1.165) is 10.9 Å². The summed E-state index contributed by atoms with van der Waals surface area (Å²) >= 11 is 0. The number of aromatic carboxylic acids is 1. The molecule has 4 heteroatoms. The van der Waals surface area contributed by atoms with Crippen LogP contribution in [0.3, 0.4) is 0 Å². The summed E-state index contributed by atoms with van der Waals surface area (Å²) in [7, 11) is -1.33. The molecule has 16 heavy (non-hydrogen) atoms. The Bertz CT molecular complexity index is 552. The highest BCUT2D eigenvalue weighted by Gasteiger charge is 2.17. The van der Waals surface area contributed by atoms with E-state index in [2.05, 4.69) is 36.8 Å². The molecule has 0 radical (unpaired) electrons. The maximum absolute atomic E-state index is 10.8. The van der Waals surface area contributed by atoms with Crippen molar-refractivity contribution in [2.45, 2.75) is 19.6 Å². The number of carboxylic acids is 1. The Labute approximate surface area is 95.1 Å². The summed E-state index contributed by atoms with van der Waals surface area (Å²) in [5, 5.41) is 11.2. The van der Waals surface area contributed by atoms with Crippen LogP contribution in [0.15, 0.2) is 24.3 Å². The van der Waals surface area contributed by atoms with Gasteiger partial charge >= 0.3 is 5.97 Å². The Balaban J connectivity index is 2.58. The molecule has 0 spiro atoms. The lowest BCUT2D eigenvalue weighted by atomic mass is 10.2. The van der Waals surface area contributed by atoms with E-state index in [1.807, 2.05) is 6.07 Å². The molecule has 84 valence electrons. The van der Waals surface area contributed by atoms with Crippen LogP contribution in [-0.2, 0) is 0 Å². The molecule has 0 amide bonds. The van der Waals surface area contributed by atoms with E-state index in [1.165, 1.54) is 5.19 Å². The third-order valence-corrected chi connectivity index (χ3v) is 4.76. The molecule has 0 aliphatic heterocycles. The van der Waals surface area contributed by atoms with E-state index in [4.69, 9.17) is 5.11 Å². The lowest BCUT2D eigenvalue weighted by molar-refractivity contribution is 0.0691. The van der Waals surface area contributed by atoms with Crippen LogP contribution < -0.4 is 5.19 Å². The molecule has 0 saturated carbocycles. The first-order valence-electron chi connectivity index (χ1n) is 5.24. The van der Waals surface area contributed by atoms with Gasteiger partial charge < -0.3 is 10.1 Å². The summed E-state index contributed by atoms with van der Waals surface area (Å²) < 4.78 is 0. The molecular weight excluding hydrogens is 218 g/mol. The van der Waals surface area contributed by atoms with Gasteiger partial charge in [0.05, 0.1) is 8.07 Å². The second-order valence-electron chi connectivity index (χ2n) is 5.04. The first-order chi connectivity index (χ1) is 7.38. The fourth-order valence-corrected chi connectivity index (χ4v) is 2.89. The number of rotatable bonds is 2. The van der Waals surface area contributed by atoms with Gasteiger partial charge in [0, 0.05) is 10.9 Å². The van der Waals surface area contributed by atoms with Crippen LogP contribution in [0.4, 0.5) is 0 Å². The first kappa shape index (κ1) is 10.9. The van der Waals surface area contributed by atoms with E-state index >= 15 is 0 Å². The molecular formula is C12H15NO2Si. The molecule has 0 unspecified atom stereocenters. The lowest BCUT2D eigenvalue weighted by Gasteiger charge is -2.16. The van der Waals surface area contributed by atoms with Crippen molar-refractivity contribution in [1.82, 2.24) is 4.98 Å². The average molecular weight is 233 g/mol. The van der Waals surface area contributed by atoms with Crippen molar-refractivity contribution in [3.8, 4) is 0 Å². The van der Waals surface area contributed by atoms with Crippen LogP contribution >= 0.6 is 0 Å². The molecule has 0 aliphatic carbocycles. The minimum Gasteiger partial charge on any atom is -0.477 e. The van der Waals surface area contributed by atoms with Crippen molar-refractivity contribution < 1.29 is 9.90 Å². The van der Waals surface area contributed by atoms with Gasteiger partial charge in [-0.3, -0.25) is 0 Å².